The number of nitro groups is 1. The van der Waals surface area contributed by atoms with Crippen molar-refractivity contribution in [1.29, 1.82) is 0 Å². The molecule has 1 aliphatic heterocycles. The molecule has 2 aromatic carbocycles. The zero-order valence-corrected chi connectivity index (χ0v) is 19.2. The number of nitro benzene ring substituents is 1. The maximum Gasteiger partial charge on any atom is 0.278 e. The molecule has 2 heterocycles. The highest BCUT2D eigenvalue weighted by Gasteiger charge is 2.23. The number of rotatable bonds is 6. The quantitative estimate of drug-likeness (QED) is 0.457. The lowest BCUT2D eigenvalue weighted by Gasteiger charge is -2.36. The number of anilines is 1. The van der Waals surface area contributed by atoms with Gasteiger partial charge >= 0.3 is 0 Å². The number of pyridine rings is 1. The number of hydrogen-bond donors (Lipinski definition) is 1. The maximum atomic E-state index is 12.6. The number of aryl methyl sites for hydroxylation is 2. The zero-order chi connectivity index (χ0) is 23.5. The summed E-state index contributed by atoms with van der Waals surface area (Å²) in [4.78, 5) is 32.1. The van der Waals surface area contributed by atoms with Crippen LogP contribution < -0.4 is 10.2 Å². The third-order valence-electron chi connectivity index (χ3n) is 6.46. The highest BCUT2D eigenvalue weighted by Crippen LogP contribution is 2.33. The number of amides is 1. The van der Waals surface area contributed by atoms with Crippen LogP contribution in [-0.2, 0) is 4.79 Å². The minimum atomic E-state index is -0.372. The highest BCUT2D eigenvalue weighted by atomic mass is 16.6. The van der Waals surface area contributed by atoms with Crippen LogP contribution in [0.4, 0.5) is 11.4 Å². The van der Waals surface area contributed by atoms with Gasteiger partial charge in [0, 0.05) is 55.7 Å². The molecule has 1 fully saturated rings. The zero-order valence-electron chi connectivity index (χ0n) is 19.2. The van der Waals surface area contributed by atoms with E-state index in [1.54, 1.807) is 18.5 Å². The van der Waals surface area contributed by atoms with Crippen molar-refractivity contribution >= 4 is 28.1 Å². The summed E-state index contributed by atoms with van der Waals surface area (Å²) in [5.41, 5.74) is 4.60. The van der Waals surface area contributed by atoms with Crippen molar-refractivity contribution in [2.75, 3.05) is 37.6 Å². The molecule has 0 bridgehead atoms. The van der Waals surface area contributed by atoms with Gasteiger partial charge in [0.05, 0.1) is 22.9 Å². The molecular formula is C25H29N5O3. The van der Waals surface area contributed by atoms with E-state index in [0.29, 0.717) is 11.9 Å². The van der Waals surface area contributed by atoms with Gasteiger partial charge in [-0.05, 0) is 49.6 Å². The molecule has 4 rings (SSSR count). The first-order valence-electron chi connectivity index (χ1n) is 11.2. The molecule has 0 unspecified atom stereocenters. The fourth-order valence-electron chi connectivity index (χ4n) is 4.35. The van der Waals surface area contributed by atoms with Crippen LogP contribution in [0, 0.1) is 24.0 Å². The van der Waals surface area contributed by atoms with E-state index in [4.69, 9.17) is 0 Å². The molecule has 3 aromatic rings. The molecule has 1 amide bonds. The lowest BCUT2D eigenvalue weighted by atomic mass is 10.0. The van der Waals surface area contributed by atoms with Crippen molar-refractivity contribution < 1.29 is 9.72 Å². The second-order valence-electron chi connectivity index (χ2n) is 8.68. The van der Waals surface area contributed by atoms with E-state index in [9.17, 15) is 14.9 Å². The van der Waals surface area contributed by atoms with E-state index in [-0.39, 0.29) is 22.6 Å². The molecule has 1 atom stereocenters. The molecule has 1 aromatic heterocycles. The summed E-state index contributed by atoms with van der Waals surface area (Å²) in [6, 6.07) is 11.4. The summed E-state index contributed by atoms with van der Waals surface area (Å²) >= 11 is 0. The van der Waals surface area contributed by atoms with Crippen LogP contribution in [0.15, 0.2) is 48.8 Å². The number of hydrogen-bond acceptors (Lipinski definition) is 6. The van der Waals surface area contributed by atoms with Crippen molar-refractivity contribution in [2.24, 2.45) is 0 Å². The number of carbonyl (C=O) groups excluding carboxylic acids is 1. The molecule has 1 aliphatic rings. The summed E-state index contributed by atoms with van der Waals surface area (Å²) in [5.74, 6) is 0.0149. The van der Waals surface area contributed by atoms with E-state index in [2.05, 4.69) is 52.1 Å². The minimum Gasteiger partial charge on any atom is -0.368 e. The van der Waals surface area contributed by atoms with Crippen LogP contribution in [0.25, 0.3) is 10.8 Å². The number of nitrogens with one attached hydrogen (secondary N) is 1. The highest BCUT2D eigenvalue weighted by molar-refractivity contribution is 5.99. The molecule has 8 nitrogen and oxygen atoms in total. The molecule has 0 saturated carbocycles. The predicted molar refractivity (Wildman–Crippen MR) is 130 cm³/mol. The third-order valence-corrected chi connectivity index (χ3v) is 6.46. The summed E-state index contributed by atoms with van der Waals surface area (Å²) in [7, 11) is 0. The summed E-state index contributed by atoms with van der Waals surface area (Å²) in [5, 5.41) is 15.8. The second kappa shape index (κ2) is 9.54. The summed E-state index contributed by atoms with van der Waals surface area (Å²) in [6.07, 6.45) is 3.21. The molecule has 1 N–H and O–H groups in total. The van der Waals surface area contributed by atoms with Crippen LogP contribution in [0.5, 0.6) is 0 Å². The Morgan fingerprint density at radius 3 is 2.55 bits per heavy atom. The van der Waals surface area contributed by atoms with Crippen molar-refractivity contribution in [3.8, 4) is 0 Å². The van der Waals surface area contributed by atoms with Crippen molar-refractivity contribution in [2.45, 2.75) is 26.8 Å². The Morgan fingerprint density at radius 1 is 1.09 bits per heavy atom. The molecule has 0 radical (unpaired) electrons. The van der Waals surface area contributed by atoms with E-state index in [1.165, 1.54) is 11.1 Å². The van der Waals surface area contributed by atoms with Crippen molar-refractivity contribution in [3.05, 3.63) is 75.6 Å². The Hall–Kier alpha value is -3.52. The van der Waals surface area contributed by atoms with Gasteiger partial charge in [0.2, 0.25) is 5.91 Å². The first kappa shape index (κ1) is 22.7. The summed E-state index contributed by atoms with van der Waals surface area (Å²) in [6.45, 7) is 9.51. The Morgan fingerprint density at radius 2 is 1.85 bits per heavy atom. The Bertz CT molecular complexity index is 1190. The largest absolute Gasteiger partial charge is 0.368 e. The maximum absolute atomic E-state index is 12.6. The van der Waals surface area contributed by atoms with Gasteiger partial charge in [-0.15, -0.1) is 0 Å². The molecule has 33 heavy (non-hydrogen) atoms. The van der Waals surface area contributed by atoms with Gasteiger partial charge in [-0.25, -0.2) is 0 Å². The topological polar surface area (TPSA) is 91.6 Å². The van der Waals surface area contributed by atoms with Gasteiger partial charge in [-0.3, -0.25) is 24.8 Å². The Labute approximate surface area is 193 Å². The van der Waals surface area contributed by atoms with Crippen LogP contribution in [0.3, 0.4) is 0 Å². The smallest absolute Gasteiger partial charge is 0.278 e. The molecular weight excluding hydrogens is 418 g/mol. The van der Waals surface area contributed by atoms with E-state index >= 15 is 0 Å². The standard InChI is InChI=1S/C25H29N5O3/c1-17-4-5-20(14-18(17)2)19(3)27-25(31)16-28-10-12-29(13-11-28)23-6-7-24(30(32)33)22-15-26-9-8-21(22)23/h4-9,14-15,19H,10-13,16H2,1-3H3,(H,27,31)/t19-/m0/s1. The van der Waals surface area contributed by atoms with Gasteiger partial charge in [-0.1, -0.05) is 18.2 Å². The van der Waals surface area contributed by atoms with Gasteiger partial charge in [0.25, 0.3) is 5.69 Å². The molecule has 1 saturated heterocycles. The predicted octanol–water partition coefficient (Wildman–Crippen LogP) is 3.76. The summed E-state index contributed by atoms with van der Waals surface area (Å²) < 4.78 is 0. The monoisotopic (exact) mass is 447 g/mol. The van der Waals surface area contributed by atoms with Crippen LogP contribution >= 0.6 is 0 Å². The Kier molecular flexibility index (Phi) is 6.55. The lowest BCUT2D eigenvalue weighted by molar-refractivity contribution is -0.383. The number of fused-ring (bicyclic) bond motifs is 1. The van der Waals surface area contributed by atoms with Crippen LogP contribution in [0.1, 0.15) is 29.7 Å². The van der Waals surface area contributed by atoms with Gasteiger partial charge in [0.1, 0.15) is 0 Å². The number of carbonyl (C=O) groups is 1. The average molecular weight is 448 g/mol. The average Bonchev–Trinajstić information content (AvgIpc) is 2.80. The Balaban J connectivity index is 1.36. The number of nitrogens with zero attached hydrogens (tertiary/aromatic N) is 4. The SMILES string of the molecule is Cc1ccc([C@H](C)NC(=O)CN2CCN(c3ccc([N+](=O)[O-])c4cnccc34)CC2)cc1C. The van der Waals surface area contributed by atoms with E-state index in [0.717, 1.165) is 42.8 Å². The third kappa shape index (κ3) is 4.96. The number of benzene rings is 2. The van der Waals surface area contributed by atoms with Crippen LogP contribution in [-0.4, -0.2) is 53.4 Å². The van der Waals surface area contributed by atoms with Crippen molar-refractivity contribution in [1.82, 2.24) is 15.2 Å². The lowest BCUT2D eigenvalue weighted by Crippen LogP contribution is -2.49. The first-order chi connectivity index (χ1) is 15.8. The number of piperazine rings is 1. The van der Waals surface area contributed by atoms with E-state index in [1.807, 2.05) is 19.1 Å². The van der Waals surface area contributed by atoms with Gasteiger partial charge in [0.15, 0.2) is 0 Å². The van der Waals surface area contributed by atoms with Crippen molar-refractivity contribution in [3.63, 3.8) is 0 Å². The van der Waals surface area contributed by atoms with Gasteiger partial charge < -0.3 is 10.2 Å². The van der Waals surface area contributed by atoms with Crippen LogP contribution in [0.2, 0.25) is 0 Å². The number of non-ortho nitro benzene ring substituents is 1. The second-order valence-corrected chi connectivity index (χ2v) is 8.68. The molecule has 0 spiro atoms. The minimum absolute atomic E-state index is 0.0149. The first-order valence-corrected chi connectivity index (χ1v) is 11.2. The van der Waals surface area contributed by atoms with E-state index < -0.39 is 0 Å². The molecule has 0 aliphatic carbocycles. The molecule has 172 valence electrons. The fourth-order valence-corrected chi connectivity index (χ4v) is 4.35. The van der Waals surface area contributed by atoms with Gasteiger partial charge in [-0.2, -0.15) is 0 Å². The normalized spacial score (nSPS) is 15.4. The molecule has 8 heteroatoms. The number of aromatic nitrogens is 1. The fraction of sp³-hybridized carbons (Fsp3) is 0.360.